The molecule has 3 nitrogen and oxygen atoms in total. The van der Waals surface area contributed by atoms with Crippen molar-refractivity contribution < 1.29 is 9.90 Å². The number of aliphatic hydroxyl groups is 1. The van der Waals surface area contributed by atoms with Crippen LogP contribution >= 0.6 is 0 Å². The van der Waals surface area contributed by atoms with Crippen LogP contribution in [0.2, 0.25) is 0 Å². The van der Waals surface area contributed by atoms with E-state index in [0.717, 1.165) is 50.9 Å². The first kappa shape index (κ1) is 15.8. The molecular formula is C17H31NO2. The zero-order valence-corrected chi connectivity index (χ0v) is 13.2. The molecule has 0 saturated heterocycles. The normalized spacial score (nSPS) is 33.0. The van der Waals surface area contributed by atoms with Crippen molar-refractivity contribution in [1.29, 1.82) is 0 Å². The average Bonchev–Trinajstić information content (AvgIpc) is 2.96. The molecular weight excluding hydrogens is 250 g/mol. The maximum atomic E-state index is 12.5. The van der Waals surface area contributed by atoms with Crippen LogP contribution in [0, 0.1) is 11.3 Å². The van der Waals surface area contributed by atoms with Crippen molar-refractivity contribution in [3.63, 3.8) is 0 Å². The van der Waals surface area contributed by atoms with Crippen molar-refractivity contribution in [2.75, 3.05) is 6.54 Å². The fraction of sp³-hybridized carbons (Fsp3) is 0.941. The summed E-state index contributed by atoms with van der Waals surface area (Å²) in [6.45, 7) is 4.79. The summed E-state index contributed by atoms with van der Waals surface area (Å²) in [5.74, 6) is 0.950. The predicted octanol–water partition coefficient (Wildman–Crippen LogP) is 3.40. The summed E-state index contributed by atoms with van der Waals surface area (Å²) < 4.78 is 0. The van der Waals surface area contributed by atoms with Gasteiger partial charge in [-0.1, -0.05) is 33.1 Å². The van der Waals surface area contributed by atoms with E-state index in [9.17, 15) is 9.90 Å². The molecule has 116 valence electrons. The molecule has 0 spiro atoms. The monoisotopic (exact) mass is 281 g/mol. The lowest BCUT2D eigenvalue weighted by molar-refractivity contribution is -0.132. The summed E-state index contributed by atoms with van der Waals surface area (Å²) >= 11 is 0. The average molecular weight is 281 g/mol. The van der Waals surface area contributed by atoms with Crippen LogP contribution in [0.1, 0.15) is 78.1 Å². The SMILES string of the molecule is CCC1CCC(O)(CNC(=O)C2(CC)CCCC2)CC1. The van der Waals surface area contributed by atoms with Gasteiger partial charge in [-0.2, -0.15) is 0 Å². The molecule has 0 radical (unpaired) electrons. The van der Waals surface area contributed by atoms with Gasteiger partial charge in [-0.25, -0.2) is 0 Å². The highest BCUT2D eigenvalue weighted by Crippen LogP contribution is 2.41. The van der Waals surface area contributed by atoms with Crippen LogP contribution in [0.25, 0.3) is 0 Å². The standard InChI is InChI=1S/C17H31NO2/c1-3-14-7-11-17(20,12-8-14)13-18-15(19)16(4-2)9-5-6-10-16/h14,20H,3-13H2,1-2H3,(H,18,19). The second kappa shape index (κ2) is 6.46. The van der Waals surface area contributed by atoms with E-state index in [2.05, 4.69) is 19.2 Å². The molecule has 0 aliphatic heterocycles. The summed E-state index contributed by atoms with van der Waals surface area (Å²) in [5, 5.41) is 13.7. The van der Waals surface area contributed by atoms with E-state index in [1.165, 1.54) is 19.3 Å². The number of amides is 1. The number of nitrogens with one attached hydrogen (secondary N) is 1. The van der Waals surface area contributed by atoms with Gasteiger partial charge in [0.15, 0.2) is 0 Å². The molecule has 2 N–H and O–H groups in total. The van der Waals surface area contributed by atoms with Gasteiger partial charge in [0.1, 0.15) is 0 Å². The van der Waals surface area contributed by atoms with E-state index >= 15 is 0 Å². The van der Waals surface area contributed by atoms with Crippen molar-refractivity contribution >= 4 is 5.91 Å². The molecule has 0 aromatic rings. The van der Waals surface area contributed by atoms with Gasteiger partial charge in [0.25, 0.3) is 0 Å². The first-order valence-electron chi connectivity index (χ1n) is 8.54. The summed E-state index contributed by atoms with van der Waals surface area (Å²) in [6, 6.07) is 0. The third-order valence-corrected chi connectivity index (χ3v) is 5.91. The number of carbonyl (C=O) groups excluding carboxylic acids is 1. The molecule has 2 saturated carbocycles. The quantitative estimate of drug-likeness (QED) is 0.811. The van der Waals surface area contributed by atoms with E-state index in [0.29, 0.717) is 6.54 Å². The molecule has 0 aromatic carbocycles. The van der Waals surface area contributed by atoms with Crippen LogP contribution in [-0.4, -0.2) is 23.2 Å². The van der Waals surface area contributed by atoms with Gasteiger partial charge in [-0.15, -0.1) is 0 Å². The van der Waals surface area contributed by atoms with Gasteiger partial charge in [0, 0.05) is 12.0 Å². The van der Waals surface area contributed by atoms with Crippen molar-refractivity contribution in [2.45, 2.75) is 83.7 Å². The second-order valence-electron chi connectivity index (χ2n) is 7.10. The number of carbonyl (C=O) groups is 1. The molecule has 2 rings (SSSR count). The van der Waals surface area contributed by atoms with Crippen LogP contribution in [-0.2, 0) is 4.79 Å². The Morgan fingerprint density at radius 1 is 1.15 bits per heavy atom. The lowest BCUT2D eigenvalue weighted by Gasteiger charge is -2.37. The van der Waals surface area contributed by atoms with Gasteiger partial charge < -0.3 is 10.4 Å². The van der Waals surface area contributed by atoms with E-state index < -0.39 is 5.60 Å². The zero-order chi connectivity index (χ0) is 14.6. The molecule has 0 unspecified atom stereocenters. The van der Waals surface area contributed by atoms with Crippen molar-refractivity contribution in [2.24, 2.45) is 11.3 Å². The molecule has 3 heteroatoms. The van der Waals surface area contributed by atoms with Crippen molar-refractivity contribution in [3.05, 3.63) is 0 Å². The second-order valence-corrected chi connectivity index (χ2v) is 7.10. The largest absolute Gasteiger partial charge is 0.388 e. The highest BCUT2D eigenvalue weighted by atomic mass is 16.3. The molecule has 0 aromatic heterocycles. The smallest absolute Gasteiger partial charge is 0.226 e. The Morgan fingerprint density at radius 2 is 1.75 bits per heavy atom. The Labute approximate surface area is 123 Å². The van der Waals surface area contributed by atoms with Crippen LogP contribution < -0.4 is 5.32 Å². The molecule has 0 bridgehead atoms. The van der Waals surface area contributed by atoms with E-state index in [4.69, 9.17) is 0 Å². The Bertz CT molecular complexity index is 326. The zero-order valence-electron chi connectivity index (χ0n) is 13.2. The summed E-state index contributed by atoms with van der Waals surface area (Å²) in [5.41, 5.74) is -0.800. The fourth-order valence-corrected chi connectivity index (χ4v) is 4.03. The van der Waals surface area contributed by atoms with Gasteiger partial charge in [0.05, 0.1) is 5.60 Å². The van der Waals surface area contributed by atoms with Crippen LogP contribution in [0.3, 0.4) is 0 Å². The van der Waals surface area contributed by atoms with E-state index in [1.807, 2.05) is 0 Å². The highest BCUT2D eigenvalue weighted by Gasteiger charge is 2.40. The molecule has 2 fully saturated rings. The van der Waals surface area contributed by atoms with Gasteiger partial charge in [0.2, 0.25) is 5.91 Å². The Morgan fingerprint density at radius 3 is 2.25 bits per heavy atom. The molecule has 2 aliphatic carbocycles. The molecule has 20 heavy (non-hydrogen) atoms. The predicted molar refractivity (Wildman–Crippen MR) is 81.4 cm³/mol. The first-order valence-corrected chi connectivity index (χ1v) is 8.54. The fourth-order valence-electron chi connectivity index (χ4n) is 4.03. The number of rotatable bonds is 5. The van der Waals surface area contributed by atoms with Gasteiger partial charge in [-0.3, -0.25) is 4.79 Å². The molecule has 1 amide bonds. The van der Waals surface area contributed by atoms with E-state index in [1.54, 1.807) is 0 Å². The topological polar surface area (TPSA) is 49.3 Å². The lowest BCUT2D eigenvalue weighted by atomic mass is 9.77. The summed E-state index contributed by atoms with van der Waals surface area (Å²) in [4.78, 5) is 12.5. The molecule has 0 atom stereocenters. The van der Waals surface area contributed by atoms with Crippen LogP contribution in [0.5, 0.6) is 0 Å². The lowest BCUT2D eigenvalue weighted by Crippen LogP contribution is -2.49. The number of hydrogen-bond acceptors (Lipinski definition) is 2. The highest BCUT2D eigenvalue weighted by molar-refractivity contribution is 5.82. The van der Waals surface area contributed by atoms with E-state index in [-0.39, 0.29) is 11.3 Å². The van der Waals surface area contributed by atoms with Crippen molar-refractivity contribution in [1.82, 2.24) is 5.32 Å². The summed E-state index contributed by atoms with van der Waals surface area (Å²) in [7, 11) is 0. The third-order valence-electron chi connectivity index (χ3n) is 5.91. The minimum Gasteiger partial charge on any atom is -0.388 e. The maximum Gasteiger partial charge on any atom is 0.226 e. The Balaban J connectivity index is 1.84. The van der Waals surface area contributed by atoms with Crippen LogP contribution in [0.15, 0.2) is 0 Å². The maximum absolute atomic E-state index is 12.5. The van der Waals surface area contributed by atoms with Gasteiger partial charge in [-0.05, 0) is 50.9 Å². The first-order chi connectivity index (χ1) is 9.53. The number of hydrogen-bond donors (Lipinski definition) is 2. The third kappa shape index (κ3) is 3.36. The Kier molecular flexibility index (Phi) is 5.11. The molecule has 2 aliphatic rings. The molecule has 0 heterocycles. The van der Waals surface area contributed by atoms with Crippen molar-refractivity contribution in [3.8, 4) is 0 Å². The summed E-state index contributed by atoms with van der Waals surface area (Å²) in [6.07, 6.45) is 10.4. The van der Waals surface area contributed by atoms with Crippen LogP contribution in [0.4, 0.5) is 0 Å². The minimum atomic E-state index is -0.658. The van der Waals surface area contributed by atoms with Gasteiger partial charge >= 0.3 is 0 Å². The Hall–Kier alpha value is -0.570. The minimum absolute atomic E-state index is 0.142.